The number of fused-ring (bicyclic) bond motifs is 1. The van der Waals surface area contributed by atoms with Gasteiger partial charge >= 0.3 is 5.97 Å². The number of pyridine rings is 1. The fourth-order valence-corrected chi connectivity index (χ4v) is 6.03. The zero-order valence-electron chi connectivity index (χ0n) is 20.7. The number of rotatable bonds is 10. The third-order valence-corrected chi connectivity index (χ3v) is 7.96. The molecule has 4 unspecified atom stereocenters. The fourth-order valence-electron chi connectivity index (χ4n) is 6.03. The second-order valence-electron chi connectivity index (χ2n) is 10.4. The number of carbonyl (C=O) groups excluding carboxylic acids is 2. The second kappa shape index (κ2) is 9.38. The quantitative estimate of drug-likeness (QED) is 0.328. The first-order valence-electron chi connectivity index (χ1n) is 12.7. The van der Waals surface area contributed by atoms with Crippen LogP contribution < -0.4 is 0 Å². The molecule has 0 bridgehead atoms. The topological polar surface area (TPSA) is 59.5 Å². The van der Waals surface area contributed by atoms with Crippen LogP contribution in [-0.4, -0.2) is 39.9 Å². The van der Waals surface area contributed by atoms with Crippen molar-refractivity contribution in [2.45, 2.75) is 96.6 Å². The molecule has 1 aromatic heterocycles. The molecule has 186 valence electrons. The number of nitrogens with zero attached hydrogens (tertiary/aromatic N) is 2. The Morgan fingerprint density at radius 1 is 1.26 bits per heavy atom. The summed E-state index contributed by atoms with van der Waals surface area (Å²) in [6.07, 6.45) is 8.24. The zero-order chi connectivity index (χ0) is 24.7. The molecule has 0 N–H and O–H groups in total. The lowest BCUT2D eigenvalue weighted by Crippen LogP contribution is -2.69. The van der Waals surface area contributed by atoms with Gasteiger partial charge in [0.2, 0.25) is 0 Å². The number of hydrogen-bond acceptors (Lipinski definition) is 4. The van der Waals surface area contributed by atoms with E-state index in [0.29, 0.717) is 42.4 Å². The summed E-state index contributed by atoms with van der Waals surface area (Å²) in [5.74, 6) is -2.62. The van der Waals surface area contributed by atoms with Crippen molar-refractivity contribution in [1.82, 2.24) is 9.88 Å². The number of halogens is 2. The minimum atomic E-state index is -2.95. The average Bonchev–Trinajstić information content (AvgIpc) is 3.01. The third-order valence-electron chi connectivity index (χ3n) is 7.96. The maximum atomic E-state index is 13.7. The van der Waals surface area contributed by atoms with Gasteiger partial charge < -0.3 is 9.64 Å². The number of hydrogen-bond donors (Lipinski definition) is 0. The summed E-state index contributed by atoms with van der Waals surface area (Å²) >= 11 is 0. The van der Waals surface area contributed by atoms with Gasteiger partial charge in [-0.15, -0.1) is 0 Å². The van der Waals surface area contributed by atoms with Crippen LogP contribution in [0.25, 0.3) is 0 Å². The van der Waals surface area contributed by atoms with Gasteiger partial charge in [0, 0.05) is 37.2 Å². The van der Waals surface area contributed by atoms with Gasteiger partial charge in [-0.05, 0) is 62.6 Å². The van der Waals surface area contributed by atoms with Crippen molar-refractivity contribution in [1.29, 1.82) is 0 Å². The number of aromatic nitrogens is 1. The van der Waals surface area contributed by atoms with E-state index < -0.39 is 11.5 Å². The van der Waals surface area contributed by atoms with Gasteiger partial charge in [0.15, 0.2) is 0 Å². The lowest BCUT2D eigenvalue weighted by Gasteiger charge is -2.61. The Labute approximate surface area is 201 Å². The highest BCUT2D eigenvalue weighted by atomic mass is 19.3. The maximum Gasteiger partial charge on any atom is 0.335 e. The molecule has 34 heavy (non-hydrogen) atoms. The molecule has 3 aliphatic rings. The molecule has 2 fully saturated rings. The maximum absolute atomic E-state index is 13.7. The van der Waals surface area contributed by atoms with Crippen molar-refractivity contribution in [3.63, 3.8) is 0 Å². The number of amides is 1. The minimum Gasteiger partial charge on any atom is -0.451 e. The number of piperidine rings is 1. The number of alkyl halides is 2. The Hall–Kier alpha value is -2.31. The van der Waals surface area contributed by atoms with Crippen molar-refractivity contribution in [2.75, 3.05) is 6.54 Å². The minimum absolute atomic E-state index is 0.0511. The smallest absolute Gasteiger partial charge is 0.335 e. The van der Waals surface area contributed by atoms with Crippen LogP contribution in [0.1, 0.15) is 83.9 Å². The molecular formula is C27H36F2N2O3. The van der Waals surface area contributed by atoms with Gasteiger partial charge in [-0.2, -0.15) is 8.78 Å². The first-order valence-corrected chi connectivity index (χ1v) is 12.7. The van der Waals surface area contributed by atoms with Crippen LogP contribution in [0.3, 0.4) is 0 Å². The highest BCUT2D eigenvalue weighted by molar-refractivity contribution is 6.07. The Balaban J connectivity index is 1.43. The van der Waals surface area contributed by atoms with Gasteiger partial charge in [-0.25, -0.2) is 4.79 Å². The lowest BCUT2D eigenvalue weighted by molar-refractivity contribution is -0.161. The molecular weight excluding hydrogens is 438 g/mol. The van der Waals surface area contributed by atoms with E-state index in [0.717, 1.165) is 51.0 Å². The SMILES string of the molecule is CCCCCC1(CCC)OC(=O)C(C)=C1C(=O)N1CC2C(Cc3ccnc(C(C)(F)F)c3)CC21. The van der Waals surface area contributed by atoms with Crippen molar-refractivity contribution < 1.29 is 23.1 Å². The summed E-state index contributed by atoms with van der Waals surface area (Å²) < 4.78 is 33.2. The molecule has 5 nitrogen and oxygen atoms in total. The van der Waals surface area contributed by atoms with E-state index in [-0.39, 0.29) is 23.6 Å². The average molecular weight is 475 g/mol. The standard InChI is InChI=1S/C27H36F2N2O3/c1-5-7-8-11-27(10-6-2)23(17(3)25(33)34-27)24(32)31-16-20-19(15-21(20)31)13-18-9-12-30-22(14-18)26(4,28)29/h9,12,14,19-21H,5-8,10-11,13,15-16H2,1-4H3. The predicted molar refractivity (Wildman–Crippen MR) is 125 cm³/mol. The molecule has 0 spiro atoms. The Kier molecular flexibility index (Phi) is 6.85. The summed E-state index contributed by atoms with van der Waals surface area (Å²) in [5.41, 5.74) is 0.899. The number of ether oxygens (including phenoxy) is 1. The van der Waals surface area contributed by atoms with E-state index in [1.165, 1.54) is 12.3 Å². The number of unbranched alkanes of at least 4 members (excludes halogenated alkanes) is 2. The molecule has 4 rings (SSSR count). The number of cyclic esters (lactones) is 1. The van der Waals surface area contributed by atoms with Crippen molar-refractivity contribution >= 4 is 11.9 Å². The van der Waals surface area contributed by atoms with E-state index in [9.17, 15) is 18.4 Å². The number of esters is 1. The Morgan fingerprint density at radius 2 is 2.03 bits per heavy atom. The summed E-state index contributed by atoms with van der Waals surface area (Å²) in [7, 11) is 0. The molecule has 1 aromatic rings. The summed E-state index contributed by atoms with van der Waals surface area (Å²) in [4.78, 5) is 31.9. The van der Waals surface area contributed by atoms with Crippen LogP contribution in [0.2, 0.25) is 0 Å². The molecule has 1 aliphatic carbocycles. The summed E-state index contributed by atoms with van der Waals surface area (Å²) in [5, 5.41) is 0. The van der Waals surface area contributed by atoms with Gasteiger partial charge in [-0.3, -0.25) is 9.78 Å². The first kappa shape index (κ1) is 24.8. The van der Waals surface area contributed by atoms with E-state index in [2.05, 4.69) is 18.8 Å². The Morgan fingerprint density at radius 3 is 2.65 bits per heavy atom. The Bertz CT molecular complexity index is 986. The summed E-state index contributed by atoms with van der Waals surface area (Å²) in [6.45, 7) is 7.42. The third kappa shape index (κ3) is 4.38. The van der Waals surface area contributed by atoms with Crippen LogP contribution in [0.4, 0.5) is 8.78 Å². The van der Waals surface area contributed by atoms with Crippen LogP contribution in [0.15, 0.2) is 29.5 Å². The molecule has 3 heterocycles. The van der Waals surface area contributed by atoms with Gasteiger partial charge in [-0.1, -0.05) is 33.1 Å². The molecule has 1 amide bonds. The monoisotopic (exact) mass is 474 g/mol. The second-order valence-corrected chi connectivity index (χ2v) is 10.4. The van der Waals surface area contributed by atoms with Crippen molar-refractivity contribution in [2.24, 2.45) is 11.8 Å². The van der Waals surface area contributed by atoms with Crippen LogP contribution in [0.5, 0.6) is 0 Å². The predicted octanol–water partition coefficient (Wildman–Crippen LogP) is 5.58. The largest absolute Gasteiger partial charge is 0.451 e. The highest BCUT2D eigenvalue weighted by Crippen LogP contribution is 2.50. The highest BCUT2D eigenvalue weighted by Gasteiger charge is 2.57. The van der Waals surface area contributed by atoms with Crippen molar-refractivity contribution in [3.05, 3.63) is 40.7 Å². The number of carbonyl (C=O) groups is 2. The molecule has 4 atom stereocenters. The molecule has 1 saturated carbocycles. The molecule has 2 aliphatic heterocycles. The molecule has 0 aromatic carbocycles. The van der Waals surface area contributed by atoms with Gasteiger partial charge in [0.25, 0.3) is 11.8 Å². The normalized spacial score (nSPS) is 28.4. The van der Waals surface area contributed by atoms with E-state index in [1.54, 1.807) is 13.0 Å². The summed E-state index contributed by atoms with van der Waals surface area (Å²) in [6, 6.07) is 3.47. The van der Waals surface area contributed by atoms with Crippen molar-refractivity contribution in [3.8, 4) is 0 Å². The molecule has 7 heteroatoms. The fraction of sp³-hybridized carbons (Fsp3) is 0.667. The number of likely N-dealkylation sites (tertiary alicyclic amines) is 1. The first-order chi connectivity index (χ1) is 16.1. The lowest BCUT2D eigenvalue weighted by atomic mass is 9.60. The molecule has 1 saturated heterocycles. The van der Waals surface area contributed by atoms with Crippen LogP contribution >= 0.6 is 0 Å². The van der Waals surface area contributed by atoms with Crippen LogP contribution in [0, 0.1) is 11.8 Å². The van der Waals surface area contributed by atoms with Gasteiger partial charge in [0.05, 0.1) is 5.57 Å². The van der Waals surface area contributed by atoms with E-state index >= 15 is 0 Å². The van der Waals surface area contributed by atoms with Gasteiger partial charge in [0.1, 0.15) is 11.3 Å². The van der Waals surface area contributed by atoms with Crippen LogP contribution in [-0.2, 0) is 26.7 Å². The molecule has 0 radical (unpaired) electrons. The zero-order valence-corrected chi connectivity index (χ0v) is 20.7. The van der Waals surface area contributed by atoms with E-state index in [4.69, 9.17) is 4.74 Å². The van der Waals surface area contributed by atoms with E-state index in [1.807, 2.05) is 4.90 Å².